The minimum absolute atomic E-state index is 0.0590. The van der Waals surface area contributed by atoms with Crippen molar-refractivity contribution in [2.75, 3.05) is 6.54 Å². The van der Waals surface area contributed by atoms with E-state index in [1.165, 1.54) is 6.07 Å². The predicted octanol–water partition coefficient (Wildman–Crippen LogP) is 1.40. The maximum atomic E-state index is 12.6. The highest BCUT2D eigenvalue weighted by Gasteiger charge is 2.52. The molecular weight excluding hydrogens is 452 g/mol. The van der Waals surface area contributed by atoms with Gasteiger partial charge in [-0.1, -0.05) is 31.4 Å². The number of hydrogen-bond donors (Lipinski definition) is 3. The molecule has 3 rings (SSSR count). The average molecular weight is 473 g/mol. The van der Waals surface area contributed by atoms with Crippen molar-refractivity contribution >= 4 is 43.8 Å². The fraction of sp³-hybridized carbons (Fsp3) is 0.471. The fourth-order valence-corrected chi connectivity index (χ4v) is 5.47. The third-order valence-electron chi connectivity index (χ3n) is 4.88. The van der Waals surface area contributed by atoms with E-state index in [1.54, 1.807) is 18.2 Å². The molecule has 3 N–H and O–H groups in total. The van der Waals surface area contributed by atoms with Gasteiger partial charge in [0.05, 0.1) is 4.90 Å². The van der Waals surface area contributed by atoms with Gasteiger partial charge in [0.15, 0.2) is 0 Å². The van der Waals surface area contributed by atoms with E-state index in [0.717, 1.165) is 19.3 Å². The number of carbonyl (C=O) groups excluding carboxylic acids is 3. The van der Waals surface area contributed by atoms with Gasteiger partial charge < -0.3 is 5.32 Å². The van der Waals surface area contributed by atoms with Crippen molar-refractivity contribution in [2.45, 2.75) is 49.0 Å². The first-order valence-electron chi connectivity index (χ1n) is 8.96. The molecule has 0 unspecified atom stereocenters. The molecule has 1 saturated carbocycles. The Labute approximate surface area is 171 Å². The molecule has 1 saturated heterocycles. The van der Waals surface area contributed by atoms with Gasteiger partial charge in [0.1, 0.15) is 5.54 Å². The molecule has 2 fully saturated rings. The molecule has 1 aliphatic heterocycles. The second-order valence-electron chi connectivity index (χ2n) is 6.83. The van der Waals surface area contributed by atoms with E-state index in [0.29, 0.717) is 22.3 Å². The van der Waals surface area contributed by atoms with Gasteiger partial charge in [-0.25, -0.2) is 17.9 Å². The Hall–Kier alpha value is -1.98. The number of amides is 4. The van der Waals surface area contributed by atoms with E-state index in [9.17, 15) is 22.8 Å². The highest BCUT2D eigenvalue weighted by Crippen LogP contribution is 2.33. The molecule has 0 aromatic heterocycles. The maximum absolute atomic E-state index is 12.6. The third kappa shape index (κ3) is 4.20. The first-order chi connectivity index (χ1) is 13.3. The molecule has 1 spiro atoms. The highest BCUT2D eigenvalue weighted by atomic mass is 79.9. The summed E-state index contributed by atoms with van der Waals surface area (Å²) in [5, 5.41) is 3.39. The van der Waals surface area contributed by atoms with Gasteiger partial charge in [-0.15, -0.1) is 0 Å². The largest absolute Gasteiger partial charge is 0.344 e. The number of sulfonamides is 1. The first kappa shape index (κ1) is 20.7. The van der Waals surface area contributed by atoms with E-state index in [2.05, 4.69) is 31.4 Å². The first-order valence-corrected chi connectivity index (χ1v) is 11.2. The highest BCUT2D eigenvalue weighted by molar-refractivity contribution is 9.10. The van der Waals surface area contributed by atoms with E-state index < -0.39 is 33.4 Å². The van der Waals surface area contributed by atoms with Crippen LogP contribution in [0.2, 0.25) is 0 Å². The third-order valence-corrected chi connectivity index (χ3v) is 7.35. The number of hydrazine groups is 1. The number of halogens is 1. The van der Waals surface area contributed by atoms with Crippen LogP contribution in [0, 0.1) is 0 Å². The van der Waals surface area contributed by atoms with Crippen LogP contribution in [0.5, 0.6) is 0 Å². The quantitative estimate of drug-likeness (QED) is 0.539. The summed E-state index contributed by atoms with van der Waals surface area (Å²) in [5.74, 6) is -1.09. The van der Waals surface area contributed by atoms with Crippen LogP contribution in [0.4, 0.5) is 4.79 Å². The zero-order valence-electron chi connectivity index (χ0n) is 15.0. The normalized spacial score (nSPS) is 19.0. The van der Waals surface area contributed by atoms with E-state index in [1.807, 2.05) is 0 Å². The number of hydrogen-bond acceptors (Lipinski definition) is 5. The Kier molecular flexibility index (Phi) is 6.06. The molecule has 11 heteroatoms. The molecule has 1 aromatic carbocycles. The Bertz CT molecular complexity index is 899. The summed E-state index contributed by atoms with van der Waals surface area (Å²) in [7, 11) is -3.79. The Morgan fingerprint density at radius 1 is 1.18 bits per heavy atom. The van der Waals surface area contributed by atoms with Crippen LogP contribution >= 0.6 is 15.9 Å². The van der Waals surface area contributed by atoms with Crippen LogP contribution < -0.4 is 15.5 Å². The van der Waals surface area contributed by atoms with Gasteiger partial charge in [0, 0.05) is 17.4 Å². The van der Waals surface area contributed by atoms with Crippen molar-refractivity contribution in [2.24, 2.45) is 0 Å². The second-order valence-corrected chi connectivity index (χ2v) is 9.42. The molecule has 9 nitrogen and oxygen atoms in total. The minimum Gasteiger partial charge on any atom is -0.322 e. The van der Waals surface area contributed by atoms with Crippen LogP contribution in [0.1, 0.15) is 38.5 Å². The zero-order chi connectivity index (χ0) is 20.4. The van der Waals surface area contributed by atoms with Crippen LogP contribution in [-0.4, -0.2) is 43.4 Å². The Morgan fingerprint density at radius 2 is 1.86 bits per heavy atom. The number of rotatable bonds is 6. The average Bonchev–Trinajstić information content (AvgIpc) is 2.86. The summed E-state index contributed by atoms with van der Waals surface area (Å²) in [6.07, 6.45) is 3.56. The molecule has 0 bridgehead atoms. The molecular formula is C17H21BrN4O5S. The number of imide groups is 1. The molecule has 2 aliphatic rings. The van der Waals surface area contributed by atoms with E-state index in [4.69, 9.17) is 0 Å². The van der Waals surface area contributed by atoms with Gasteiger partial charge in [-0.05, 0) is 40.9 Å². The smallest absolute Gasteiger partial charge is 0.322 e. The van der Waals surface area contributed by atoms with Gasteiger partial charge >= 0.3 is 6.03 Å². The lowest BCUT2D eigenvalue weighted by atomic mass is 9.82. The van der Waals surface area contributed by atoms with Crippen LogP contribution in [-0.2, 0) is 19.6 Å². The summed E-state index contributed by atoms with van der Waals surface area (Å²) < 4.78 is 27.3. The Morgan fingerprint density at radius 3 is 2.54 bits per heavy atom. The minimum atomic E-state index is -3.79. The lowest BCUT2D eigenvalue weighted by Crippen LogP contribution is -2.51. The predicted molar refractivity (Wildman–Crippen MR) is 103 cm³/mol. The number of nitrogens with one attached hydrogen (secondary N) is 3. The summed E-state index contributed by atoms with van der Waals surface area (Å²) in [4.78, 5) is 36.9. The van der Waals surface area contributed by atoms with Gasteiger partial charge in [0.2, 0.25) is 15.9 Å². The van der Waals surface area contributed by atoms with Crippen molar-refractivity contribution in [1.29, 1.82) is 0 Å². The molecule has 0 radical (unpaired) electrons. The monoisotopic (exact) mass is 472 g/mol. The molecule has 28 heavy (non-hydrogen) atoms. The van der Waals surface area contributed by atoms with Crippen LogP contribution in [0.3, 0.4) is 0 Å². The second kappa shape index (κ2) is 8.18. The summed E-state index contributed by atoms with van der Waals surface area (Å²) in [6.45, 7) is -0.176. The van der Waals surface area contributed by atoms with Crippen molar-refractivity contribution in [3.63, 3.8) is 0 Å². The van der Waals surface area contributed by atoms with Crippen molar-refractivity contribution in [1.82, 2.24) is 20.5 Å². The molecule has 1 aliphatic carbocycles. The summed E-state index contributed by atoms with van der Waals surface area (Å²) >= 11 is 3.17. The number of urea groups is 1. The topological polar surface area (TPSA) is 125 Å². The Balaban J connectivity index is 1.54. The lowest BCUT2D eigenvalue weighted by Gasteiger charge is -2.30. The van der Waals surface area contributed by atoms with Gasteiger partial charge in [-0.2, -0.15) is 5.01 Å². The number of nitrogens with zero attached hydrogens (tertiary/aromatic N) is 1. The fourth-order valence-electron chi connectivity index (χ4n) is 3.44. The van der Waals surface area contributed by atoms with E-state index >= 15 is 0 Å². The summed E-state index contributed by atoms with van der Waals surface area (Å²) in [5.41, 5.74) is 1.35. The van der Waals surface area contributed by atoms with Crippen molar-refractivity contribution in [3.05, 3.63) is 28.7 Å². The maximum Gasteiger partial charge on any atom is 0.344 e. The van der Waals surface area contributed by atoms with E-state index in [-0.39, 0.29) is 17.9 Å². The SMILES string of the molecule is O=C(CCNS(=O)(=O)c1ccccc1Br)NN1C(=O)NC2(CCCCC2)C1=O. The summed E-state index contributed by atoms with van der Waals surface area (Å²) in [6, 6.07) is 5.65. The molecule has 1 heterocycles. The molecule has 4 amide bonds. The number of benzene rings is 1. The van der Waals surface area contributed by atoms with Gasteiger partial charge in [-0.3, -0.25) is 15.0 Å². The lowest BCUT2D eigenvalue weighted by molar-refractivity contribution is -0.139. The van der Waals surface area contributed by atoms with Crippen LogP contribution in [0.15, 0.2) is 33.6 Å². The molecule has 1 aromatic rings. The van der Waals surface area contributed by atoms with Crippen LogP contribution in [0.25, 0.3) is 0 Å². The van der Waals surface area contributed by atoms with Gasteiger partial charge in [0.25, 0.3) is 5.91 Å². The standard InChI is InChI=1S/C17H21BrN4O5S/c18-12-6-2-3-7-13(12)28(26,27)19-11-8-14(23)21-22-15(24)17(20-16(22)25)9-4-1-5-10-17/h2-3,6-7,19H,1,4-5,8-11H2,(H,20,25)(H,21,23). The van der Waals surface area contributed by atoms with Crippen molar-refractivity contribution in [3.8, 4) is 0 Å². The van der Waals surface area contributed by atoms with Crippen molar-refractivity contribution < 1.29 is 22.8 Å². The molecule has 0 atom stereocenters. The zero-order valence-corrected chi connectivity index (χ0v) is 17.4. The number of carbonyl (C=O) groups is 3. The molecule has 152 valence electrons.